The molecule has 1 spiro atoms. The number of benzene rings is 8. The van der Waals surface area contributed by atoms with Crippen molar-refractivity contribution in [2.24, 2.45) is 0 Å². The van der Waals surface area contributed by atoms with E-state index in [1.165, 1.54) is 55.5 Å². The summed E-state index contributed by atoms with van der Waals surface area (Å²) in [6, 6.07) is 71.1. The zero-order chi connectivity index (χ0) is 32.4. The summed E-state index contributed by atoms with van der Waals surface area (Å²) in [5.74, 6) is 0. The predicted molar refractivity (Wildman–Crippen MR) is 204 cm³/mol. The highest BCUT2D eigenvalue weighted by atomic mass is 15.2. The molecule has 49 heavy (non-hydrogen) atoms. The van der Waals surface area contributed by atoms with Crippen LogP contribution in [0, 0.1) is 0 Å². The van der Waals surface area contributed by atoms with E-state index >= 15 is 0 Å². The summed E-state index contributed by atoms with van der Waals surface area (Å²) in [5.41, 5.74) is 14.2. The van der Waals surface area contributed by atoms with E-state index in [4.69, 9.17) is 0 Å². The third kappa shape index (κ3) is 4.01. The smallest absolute Gasteiger partial charge is 0.0755 e. The summed E-state index contributed by atoms with van der Waals surface area (Å²) in [7, 11) is 0. The summed E-state index contributed by atoms with van der Waals surface area (Å²) in [4.78, 5) is 4.86. The molecule has 8 aromatic rings. The molecule has 8 aromatic carbocycles. The minimum absolute atomic E-state index is 0.539. The van der Waals surface area contributed by atoms with Crippen molar-refractivity contribution in [3.05, 3.63) is 216 Å². The molecule has 1 aliphatic heterocycles. The van der Waals surface area contributed by atoms with Crippen LogP contribution in [0.25, 0.3) is 21.9 Å². The minimum atomic E-state index is -0.539. The SMILES string of the molecule is c1ccc(N(c2ccccc2)c2ccc3c(c2)C2(c4ccccc4-c4ccccc42)c2cc4ccccc4cc2N3c2ccccc2)cc1. The van der Waals surface area contributed by atoms with Crippen molar-refractivity contribution >= 4 is 44.9 Å². The molecule has 0 N–H and O–H groups in total. The van der Waals surface area contributed by atoms with Gasteiger partial charge in [0.25, 0.3) is 0 Å². The molecule has 1 aliphatic carbocycles. The zero-order valence-electron chi connectivity index (χ0n) is 26.9. The van der Waals surface area contributed by atoms with Crippen LogP contribution in [-0.4, -0.2) is 0 Å². The van der Waals surface area contributed by atoms with Crippen LogP contribution in [0.4, 0.5) is 34.1 Å². The minimum Gasteiger partial charge on any atom is -0.310 e. The Labute approximate surface area is 286 Å². The van der Waals surface area contributed by atoms with Gasteiger partial charge in [0.15, 0.2) is 0 Å². The van der Waals surface area contributed by atoms with Crippen molar-refractivity contribution in [3.63, 3.8) is 0 Å². The van der Waals surface area contributed by atoms with E-state index in [9.17, 15) is 0 Å². The Morgan fingerprint density at radius 2 is 0.837 bits per heavy atom. The van der Waals surface area contributed by atoms with E-state index in [1.807, 2.05) is 0 Å². The van der Waals surface area contributed by atoms with Crippen molar-refractivity contribution in [1.82, 2.24) is 0 Å². The van der Waals surface area contributed by atoms with Crippen LogP contribution in [0.1, 0.15) is 22.3 Å². The van der Waals surface area contributed by atoms with Crippen molar-refractivity contribution in [2.75, 3.05) is 9.80 Å². The predicted octanol–water partition coefficient (Wildman–Crippen LogP) is 12.5. The highest BCUT2D eigenvalue weighted by Gasteiger charge is 2.52. The van der Waals surface area contributed by atoms with Gasteiger partial charge in [-0.3, -0.25) is 0 Å². The molecule has 1 heterocycles. The Kier molecular flexibility index (Phi) is 6.13. The maximum atomic E-state index is 2.48. The lowest BCUT2D eigenvalue weighted by Gasteiger charge is -2.45. The number of hydrogen-bond donors (Lipinski definition) is 0. The fourth-order valence-electron chi connectivity index (χ4n) is 8.42. The largest absolute Gasteiger partial charge is 0.310 e. The quantitative estimate of drug-likeness (QED) is 0.192. The molecule has 10 rings (SSSR count). The monoisotopic (exact) mass is 624 g/mol. The molecule has 0 aromatic heterocycles. The highest BCUT2D eigenvalue weighted by molar-refractivity contribution is 6.01. The second-order valence-corrected chi connectivity index (χ2v) is 12.9. The Bertz CT molecular complexity index is 2420. The first-order valence-corrected chi connectivity index (χ1v) is 16.9. The normalized spacial score (nSPS) is 13.4. The van der Waals surface area contributed by atoms with Gasteiger partial charge in [-0.1, -0.05) is 127 Å². The molecular weight excluding hydrogens is 593 g/mol. The van der Waals surface area contributed by atoms with Gasteiger partial charge in [0.05, 0.1) is 16.8 Å². The van der Waals surface area contributed by atoms with E-state index in [2.05, 4.69) is 204 Å². The Hall–Kier alpha value is -6.38. The molecule has 230 valence electrons. The molecule has 0 saturated carbocycles. The van der Waals surface area contributed by atoms with Gasteiger partial charge in [-0.25, -0.2) is 0 Å². The second-order valence-electron chi connectivity index (χ2n) is 12.9. The number of para-hydroxylation sites is 3. The maximum Gasteiger partial charge on any atom is 0.0755 e. The summed E-state index contributed by atoms with van der Waals surface area (Å²) < 4.78 is 0. The molecule has 2 nitrogen and oxygen atoms in total. The number of hydrogen-bond acceptors (Lipinski definition) is 2. The lowest BCUT2D eigenvalue weighted by Crippen LogP contribution is -2.36. The summed E-state index contributed by atoms with van der Waals surface area (Å²) in [6.07, 6.45) is 0. The number of anilines is 6. The standard InChI is InChI=1S/C47H32N2/c1-4-18-35(19-5-1)48(36-20-6-2-7-21-36)38-28-29-45-44(32-38)47(41-26-14-12-24-39(41)40-25-13-15-27-42(40)47)43-30-33-16-10-11-17-34(33)31-46(43)49(45)37-22-8-3-9-23-37/h1-32H. The average molecular weight is 625 g/mol. The van der Waals surface area contributed by atoms with Crippen LogP contribution >= 0.6 is 0 Å². The van der Waals surface area contributed by atoms with Gasteiger partial charge in [-0.05, 0) is 111 Å². The van der Waals surface area contributed by atoms with E-state index in [0.29, 0.717) is 0 Å². The van der Waals surface area contributed by atoms with Crippen LogP contribution in [-0.2, 0) is 5.41 Å². The van der Waals surface area contributed by atoms with Gasteiger partial charge in [-0.2, -0.15) is 0 Å². The van der Waals surface area contributed by atoms with E-state index < -0.39 is 5.41 Å². The van der Waals surface area contributed by atoms with E-state index in [-0.39, 0.29) is 0 Å². The fourth-order valence-corrected chi connectivity index (χ4v) is 8.42. The topological polar surface area (TPSA) is 6.48 Å². The Morgan fingerprint density at radius 3 is 1.45 bits per heavy atom. The summed E-state index contributed by atoms with van der Waals surface area (Å²) in [5, 5.41) is 2.47. The molecule has 0 radical (unpaired) electrons. The molecule has 0 saturated heterocycles. The van der Waals surface area contributed by atoms with Crippen molar-refractivity contribution < 1.29 is 0 Å². The average Bonchev–Trinajstić information content (AvgIpc) is 3.47. The van der Waals surface area contributed by atoms with Gasteiger partial charge in [0.2, 0.25) is 0 Å². The van der Waals surface area contributed by atoms with E-state index in [0.717, 1.165) is 22.7 Å². The molecule has 2 heteroatoms. The molecule has 0 fully saturated rings. The highest BCUT2D eigenvalue weighted by Crippen LogP contribution is 2.64. The lowest BCUT2D eigenvalue weighted by atomic mass is 9.64. The number of nitrogens with zero attached hydrogens (tertiary/aromatic N) is 2. The van der Waals surface area contributed by atoms with Crippen molar-refractivity contribution in [1.29, 1.82) is 0 Å². The zero-order valence-corrected chi connectivity index (χ0v) is 26.9. The lowest BCUT2D eigenvalue weighted by molar-refractivity contribution is 0.754. The molecule has 0 atom stereocenters. The molecule has 0 unspecified atom stereocenters. The molecule has 2 aliphatic rings. The van der Waals surface area contributed by atoms with Gasteiger partial charge in [0, 0.05) is 22.7 Å². The number of rotatable bonds is 4. The van der Waals surface area contributed by atoms with Gasteiger partial charge in [0.1, 0.15) is 0 Å². The molecular formula is C47H32N2. The van der Waals surface area contributed by atoms with Crippen molar-refractivity contribution in [3.8, 4) is 11.1 Å². The summed E-state index contributed by atoms with van der Waals surface area (Å²) >= 11 is 0. The number of fused-ring (bicyclic) bond motifs is 10. The first-order valence-electron chi connectivity index (χ1n) is 16.9. The van der Waals surface area contributed by atoms with Crippen LogP contribution in [0.5, 0.6) is 0 Å². The van der Waals surface area contributed by atoms with Gasteiger partial charge < -0.3 is 9.80 Å². The van der Waals surface area contributed by atoms with Crippen LogP contribution in [0.2, 0.25) is 0 Å². The second kappa shape index (κ2) is 10.8. The molecule has 0 bridgehead atoms. The van der Waals surface area contributed by atoms with Gasteiger partial charge in [-0.15, -0.1) is 0 Å². The summed E-state index contributed by atoms with van der Waals surface area (Å²) in [6.45, 7) is 0. The van der Waals surface area contributed by atoms with Crippen LogP contribution < -0.4 is 9.80 Å². The first-order chi connectivity index (χ1) is 24.3. The third-order valence-electron chi connectivity index (χ3n) is 10.4. The van der Waals surface area contributed by atoms with Crippen molar-refractivity contribution in [2.45, 2.75) is 5.41 Å². The first kappa shape index (κ1) is 27.7. The van der Waals surface area contributed by atoms with Crippen LogP contribution in [0.15, 0.2) is 194 Å². The molecule has 0 amide bonds. The fraction of sp³-hybridized carbons (Fsp3) is 0.0213. The van der Waals surface area contributed by atoms with E-state index in [1.54, 1.807) is 0 Å². The Balaban J connectivity index is 1.36. The third-order valence-corrected chi connectivity index (χ3v) is 10.4. The van der Waals surface area contributed by atoms with Gasteiger partial charge >= 0.3 is 0 Å². The Morgan fingerprint density at radius 1 is 0.347 bits per heavy atom. The van der Waals surface area contributed by atoms with Crippen LogP contribution in [0.3, 0.4) is 0 Å². The maximum absolute atomic E-state index is 2.48.